The Hall–Kier alpha value is -2.51. The average Bonchev–Trinajstić information content (AvgIpc) is 3.06. The van der Waals surface area contributed by atoms with Gasteiger partial charge in [-0.05, 0) is 55.8 Å². The van der Waals surface area contributed by atoms with Crippen molar-refractivity contribution in [2.45, 2.75) is 31.8 Å². The molecule has 2 aromatic heterocycles. The van der Waals surface area contributed by atoms with Gasteiger partial charge < -0.3 is 4.90 Å². The van der Waals surface area contributed by atoms with Crippen molar-refractivity contribution in [1.29, 1.82) is 0 Å². The zero-order valence-electron chi connectivity index (χ0n) is 16.2. The first-order valence-corrected chi connectivity index (χ1v) is 10.2. The van der Waals surface area contributed by atoms with Crippen molar-refractivity contribution in [2.24, 2.45) is 0 Å². The summed E-state index contributed by atoms with van der Waals surface area (Å²) in [5.41, 5.74) is 2.28. The maximum absolute atomic E-state index is 14.1. The number of pyridine rings is 1. The third kappa shape index (κ3) is 3.38. The largest absolute Gasteiger partial charge is 0.354 e. The van der Waals surface area contributed by atoms with Crippen LogP contribution in [0.4, 0.5) is 10.2 Å². The third-order valence-electron chi connectivity index (χ3n) is 5.79. The lowest BCUT2D eigenvalue weighted by molar-refractivity contribution is 0.315. The summed E-state index contributed by atoms with van der Waals surface area (Å²) in [7, 11) is 2.08. The Balaban J connectivity index is 1.45. The molecule has 150 valence electrons. The number of piperidine rings is 1. The maximum atomic E-state index is 14.1. The molecule has 0 amide bonds. The van der Waals surface area contributed by atoms with Crippen molar-refractivity contribution in [3.05, 3.63) is 64.6 Å². The second-order valence-corrected chi connectivity index (χ2v) is 8.26. The number of halogens is 2. The summed E-state index contributed by atoms with van der Waals surface area (Å²) >= 11 is 6.25. The molecular formula is C21H22ClFN6. The van der Waals surface area contributed by atoms with Crippen LogP contribution >= 0.6 is 11.6 Å². The normalized spacial score (nSPS) is 17.7. The van der Waals surface area contributed by atoms with E-state index in [0.717, 1.165) is 61.4 Å². The first-order chi connectivity index (χ1) is 14.1. The molecule has 8 heteroatoms. The highest BCUT2D eigenvalue weighted by Crippen LogP contribution is 2.34. The number of hydrogen-bond acceptors (Lipinski definition) is 5. The number of benzene rings is 1. The van der Waals surface area contributed by atoms with E-state index in [4.69, 9.17) is 11.6 Å². The maximum Gasteiger partial charge on any atom is 0.165 e. The van der Waals surface area contributed by atoms with E-state index in [1.165, 1.54) is 11.6 Å². The standard InChI is InChI=1S/C21H22ClFN6/c1-27-12-15-11-16(22)4-5-18(15)29-19(13-27)25-26-20(29)14-6-9-28(10-7-14)21-17(23)3-2-8-24-21/h2-5,8,11,14H,6-7,9-10,12-13H2,1H3. The van der Waals surface area contributed by atoms with E-state index in [2.05, 4.69) is 37.8 Å². The van der Waals surface area contributed by atoms with Gasteiger partial charge >= 0.3 is 0 Å². The highest BCUT2D eigenvalue weighted by Gasteiger charge is 2.30. The molecule has 3 aromatic rings. The van der Waals surface area contributed by atoms with Gasteiger partial charge in [0.25, 0.3) is 0 Å². The van der Waals surface area contributed by atoms with E-state index in [1.54, 1.807) is 12.3 Å². The van der Waals surface area contributed by atoms with Gasteiger partial charge in [-0.1, -0.05) is 11.6 Å². The second kappa shape index (κ2) is 7.39. The number of fused-ring (bicyclic) bond motifs is 3. The molecule has 1 aromatic carbocycles. The molecule has 2 aliphatic heterocycles. The Morgan fingerprint density at radius 2 is 1.93 bits per heavy atom. The minimum absolute atomic E-state index is 0.267. The molecule has 0 aliphatic carbocycles. The Labute approximate surface area is 173 Å². The molecule has 0 saturated carbocycles. The van der Waals surface area contributed by atoms with E-state index in [1.807, 2.05) is 17.0 Å². The molecule has 5 rings (SSSR count). The van der Waals surface area contributed by atoms with Crippen LogP contribution in [0.3, 0.4) is 0 Å². The van der Waals surface area contributed by atoms with Crippen LogP contribution in [0, 0.1) is 5.82 Å². The van der Waals surface area contributed by atoms with Gasteiger partial charge in [-0.2, -0.15) is 0 Å². The summed E-state index contributed by atoms with van der Waals surface area (Å²) < 4.78 is 16.3. The smallest absolute Gasteiger partial charge is 0.165 e. The molecule has 0 bridgehead atoms. The number of aromatic nitrogens is 4. The molecule has 29 heavy (non-hydrogen) atoms. The Kier molecular flexibility index (Phi) is 4.72. The predicted molar refractivity (Wildman–Crippen MR) is 110 cm³/mol. The van der Waals surface area contributed by atoms with Crippen molar-refractivity contribution in [2.75, 3.05) is 25.0 Å². The third-order valence-corrected chi connectivity index (χ3v) is 6.02. The lowest BCUT2D eigenvalue weighted by Crippen LogP contribution is -2.34. The van der Waals surface area contributed by atoms with Gasteiger partial charge in [0.2, 0.25) is 0 Å². The van der Waals surface area contributed by atoms with Gasteiger partial charge in [0.1, 0.15) is 5.82 Å². The van der Waals surface area contributed by atoms with E-state index in [0.29, 0.717) is 5.82 Å². The molecule has 0 unspecified atom stereocenters. The van der Waals surface area contributed by atoms with Crippen molar-refractivity contribution in [3.63, 3.8) is 0 Å². The fraction of sp³-hybridized carbons (Fsp3) is 0.381. The van der Waals surface area contributed by atoms with Crippen LogP contribution < -0.4 is 4.90 Å². The first kappa shape index (κ1) is 18.5. The molecule has 2 aliphatic rings. The SMILES string of the molecule is CN1Cc2cc(Cl)ccc2-n2c(nnc2C2CCN(c3ncccc3F)CC2)C1. The molecular weight excluding hydrogens is 391 g/mol. The summed E-state index contributed by atoms with van der Waals surface area (Å²) in [5, 5.41) is 9.82. The highest BCUT2D eigenvalue weighted by atomic mass is 35.5. The van der Waals surface area contributed by atoms with Gasteiger partial charge in [0.15, 0.2) is 17.5 Å². The van der Waals surface area contributed by atoms with Crippen LogP contribution in [0.2, 0.25) is 5.02 Å². The highest BCUT2D eigenvalue weighted by molar-refractivity contribution is 6.30. The number of hydrogen-bond donors (Lipinski definition) is 0. The number of rotatable bonds is 2. The molecule has 6 nitrogen and oxygen atoms in total. The van der Waals surface area contributed by atoms with Gasteiger partial charge in [-0.3, -0.25) is 9.47 Å². The van der Waals surface area contributed by atoms with Gasteiger partial charge in [-0.25, -0.2) is 9.37 Å². The summed E-state index contributed by atoms with van der Waals surface area (Å²) in [5.74, 6) is 2.37. The van der Waals surface area contributed by atoms with Crippen LogP contribution in [0.1, 0.15) is 36.0 Å². The Morgan fingerprint density at radius 1 is 1.10 bits per heavy atom. The lowest BCUT2D eigenvalue weighted by atomic mass is 9.95. The molecule has 0 atom stereocenters. The Morgan fingerprint density at radius 3 is 2.72 bits per heavy atom. The van der Waals surface area contributed by atoms with Crippen molar-refractivity contribution >= 4 is 17.4 Å². The molecule has 1 saturated heterocycles. The lowest BCUT2D eigenvalue weighted by Gasteiger charge is -2.32. The van der Waals surface area contributed by atoms with Gasteiger partial charge in [0.05, 0.1) is 12.2 Å². The zero-order chi connectivity index (χ0) is 20.0. The second-order valence-electron chi connectivity index (χ2n) is 7.83. The number of anilines is 1. The van der Waals surface area contributed by atoms with Crippen LogP contribution in [0.5, 0.6) is 0 Å². The van der Waals surface area contributed by atoms with E-state index < -0.39 is 0 Å². The zero-order valence-corrected chi connectivity index (χ0v) is 17.0. The predicted octanol–water partition coefficient (Wildman–Crippen LogP) is 3.78. The Bertz CT molecular complexity index is 1040. The summed E-state index contributed by atoms with van der Waals surface area (Å²) in [6.07, 6.45) is 3.40. The fourth-order valence-corrected chi connectivity index (χ4v) is 4.60. The molecule has 1 fully saturated rings. The van der Waals surface area contributed by atoms with Gasteiger partial charge in [-0.15, -0.1) is 10.2 Å². The van der Waals surface area contributed by atoms with Crippen molar-refractivity contribution < 1.29 is 4.39 Å². The van der Waals surface area contributed by atoms with Crippen LogP contribution in [-0.4, -0.2) is 44.8 Å². The summed E-state index contributed by atoms with van der Waals surface area (Å²) in [4.78, 5) is 8.46. The monoisotopic (exact) mass is 412 g/mol. The first-order valence-electron chi connectivity index (χ1n) is 9.87. The fourth-order valence-electron chi connectivity index (χ4n) is 4.41. The topological polar surface area (TPSA) is 50.1 Å². The molecule has 0 spiro atoms. The van der Waals surface area contributed by atoms with E-state index in [-0.39, 0.29) is 11.7 Å². The minimum atomic E-state index is -0.267. The quantitative estimate of drug-likeness (QED) is 0.641. The number of nitrogens with zero attached hydrogens (tertiary/aromatic N) is 6. The van der Waals surface area contributed by atoms with Gasteiger partial charge in [0, 0.05) is 36.8 Å². The van der Waals surface area contributed by atoms with Crippen molar-refractivity contribution in [3.8, 4) is 5.69 Å². The van der Waals surface area contributed by atoms with Crippen molar-refractivity contribution in [1.82, 2.24) is 24.6 Å². The average molecular weight is 413 g/mol. The van der Waals surface area contributed by atoms with E-state index in [9.17, 15) is 4.39 Å². The van der Waals surface area contributed by atoms with Crippen LogP contribution in [0.25, 0.3) is 5.69 Å². The summed E-state index contributed by atoms with van der Waals surface area (Å²) in [6, 6.07) is 9.10. The molecule has 0 N–H and O–H groups in total. The van der Waals surface area contributed by atoms with Crippen LogP contribution in [0.15, 0.2) is 36.5 Å². The molecule has 0 radical (unpaired) electrons. The molecule has 4 heterocycles. The van der Waals surface area contributed by atoms with E-state index >= 15 is 0 Å². The minimum Gasteiger partial charge on any atom is -0.354 e. The van der Waals surface area contributed by atoms with Crippen LogP contribution in [-0.2, 0) is 13.1 Å². The summed E-state index contributed by atoms with van der Waals surface area (Å²) in [6.45, 7) is 3.04.